The minimum absolute atomic E-state index is 0.232. The molecule has 0 bridgehead atoms. The van der Waals surface area contributed by atoms with Gasteiger partial charge in [0.25, 0.3) is 5.91 Å². The summed E-state index contributed by atoms with van der Waals surface area (Å²) in [6, 6.07) is 23.4. The highest BCUT2D eigenvalue weighted by molar-refractivity contribution is 7.91. The van der Waals surface area contributed by atoms with Gasteiger partial charge >= 0.3 is 0 Å². The first-order valence-corrected chi connectivity index (χ1v) is 15.3. The van der Waals surface area contributed by atoms with Crippen LogP contribution in [0.15, 0.2) is 72.8 Å². The summed E-state index contributed by atoms with van der Waals surface area (Å²) in [6.07, 6.45) is 0.829. The number of sulfonamides is 1. The molecule has 2 heterocycles. The second-order valence-electron chi connectivity index (χ2n) is 10.1. The third-order valence-electron chi connectivity index (χ3n) is 7.22. The van der Waals surface area contributed by atoms with Crippen LogP contribution in [-0.2, 0) is 10.0 Å². The molecule has 1 fully saturated rings. The number of nitrogens with zero attached hydrogens (tertiary/aromatic N) is 1. The van der Waals surface area contributed by atoms with Crippen LogP contribution in [0.25, 0.3) is 31.6 Å². The van der Waals surface area contributed by atoms with Crippen molar-refractivity contribution in [1.82, 2.24) is 9.71 Å². The minimum atomic E-state index is -3.76. The number of carbonyl (C=O) groups excluding carboxylic acids is 1. The lowest BCUT2D eigenvalue weighted by atomic mass is 10.0. The number of aromatic nitrogens is 1. The van der Waals surface area contributed by atoms with E-state index in [2.05, 4.69) is 16.9 Å². The van der Waals surface area contributed by atoms with Gasteiger partial charge in [0.1, 0.15) is 11.9 Å². The molecule has 1 atom stereocenters. The summed E-state index contributed by atoms with van der Waals surface area (Å²) in [5, 5.41) is 1.12. The van der Waals surface area contributed by atoms with Crippen molar-refractivity contribution >= 4 is 48.3 Å². The maximum Gasteiger partial charge on any atom is 0.265 e. The topological polar surface area (TPSA) is 85.4 Å². The molecule has 0 spiro atoms. The maximum atomic E-state index is 13.7. The highest BCUT2D eigenvalue weighted by Crippen LogP contribution is 2.41. The first-order valence-electron chi connectivity index (χ1n) is 12.9. The molecule has 1 aliphatic carbocycles. The molecule has 6 nitrogen and oxygen atoms in total. The van der Waals surface area contributed by atoms with E-state index in [1.807, 2.05) is 75.4 Å². The van der Waals surface area contributed by atoms with Crippen molar-refractivity contribution in [1.29, 1.82) is 0 Å². The maximum absolute atomic E-state index is 13.7. The van der Waals surface area contributed by atoms with Crippen molar-refractivity contribution in [2.45, 2.75) is 45.0 Å². The van der Waals surface area contributed by atoms with Crippen LogP contribution in [0.2, 0.25) is 0 Å². The molecule has 1 aliphatic rings. The highest BCUT2D eigenvalue weighted by atomic mass is 32.2. The number of fused-ring (bicyclic) bond motifs is 2. The smallest absolute Gasteiger partial charge is 0.265 e. The van der Waals surface area contributed by atoms with Crippen LogP contribution in [0.3, 0.4) is 0 Å². The van der Waals surface area contributed by atoms with E-state index in [4.69, 9.17) is 9.72 Å². The number of hydrogen-bond acceptors (Lipinski definition) is 6. The van der Waals surface area contributed by atoms with Crippen LogP contribution in [0, 0.1) is 13.8 Å². The number of carbonyl (C=O) groups is 1. The van der Waals surface area contributed by atoms with Crippen LogP contribution in [0.5, 0.6) is 5.75 Å². The average Bonchev–Trinajstić information content (AvgIpc) is 3.75. The Balaban J connectivity index is 1.55. The minimum Gasteiger partial charge on any atom is -0.485 e. The molecule has 2 aromatic heterocycles. The molecule has 39 heavy (non-hydrogen) atoms. The largest absolute Gasteiger partial charge is 0.485 e. The fourth-order valence-corrected chi connectivity index (χ4v) is 7.34. The third-order valence-corrected chi connectivity index (χ3v) is 10.3. The Labute approximate surface area is 231 Å². The number of hydrogen-bond donors (Lipinski definition) is 1. The van der Waals surface area contributed by atoms with Crippen molar-refractivity contribution in [3.63, 3.8) is 0 Å². The lowest BCUT2D eigenvalue weighted by Crippen LogP contribution is -2.33. The highest BCUT2D eigenvalue weighted by Gasteiger charge is 2.37. The predicted octanol–water partition coefficient (Wildman–Crippen LogP) is 7.10. The van der Waals surface area contributed by atoms with Crippen molar-refractivity contribution in [3.8, 4) is 16.3 Å². The van der Waals surface area contributed by atoms with Gasteiger partial charge in [-0.1, -0.05) is 54.6 Å². The van der Waals surface area contributed by atoms with E-state index in [9.17, 15) is 13.2 Å². The fraction of sp³-hybridized carbons (Fsp3) is 0.226. The Morgan fingerprint density at radius 2 is 1.74 bits per heavy atom. The number of aryl methyl sites for hydroxylation is 2. The molecule has 198 valence electrons. The number of nitrogens with one attached hydrogen (secondary N) is 1. The van der Waals surface area contributed by atoms with Gasteiger partial charge < -0.3 is 4.74 Å². The normalized spacial score (nSPS) is 14.4. The van der Waals surface area contributed by atoms with Gasteiger partial charge in [0, 0.05) is 4.70 Å². The molecular formula is C31H28N2O4S2. The quantitative estimate of drug-likeness (QED) is 0.231. The van der Waals surface area contributed by atoms with Crippen LogP contribution >= 0.6 is 11.3 Å². The molecule has 1 amide bonds. The summed E-state index contributed by atoms with van der Waals surface area (Å²) >= 11 is 1.61. The second-order valence-corrected chi connectivity index (χ2v) is 13.1. The Kier molecular flexibility index (Phi) is 6.40. The van der Waals surface area contributed by atoms with Crippen molar-refractivity contribution < 1.29 is 17.9 Å². The zero-order valence-corrected chi connectivity index (χ0v) is 23.5. The lowest BCUT2D eigenvalue weighted by Gasteiger charge is -2.19. The number of pyridine rings is 1. The summed E-state index contributed by atoms with van der Waals surface area (Å²) in [7, 11) is -3.76. The van der Waals surface area contributed by atoms with Crippen LogP contribution in [0.1, 0.15) is 52.9 Å². The van der Waals surface area contributed by atoms with Gasteiger partial charge in [-0.3, -0.25) is 4.79 Å². The molecule has 5 aromatic rings. The summed E-state index contributed by atoms with van der Waals surface area (Å²) in [5.74, 6) is -0.190. The van der Waals surface area contributed by atoms with Crippen LogP contribution in [0.4, 0.5) is 0 Å². The monoisotopic (exact) mass is 556 g/mol. The summed E-state index contributed by atoms with van der Waals surface area (Å²) in [6.45, 7) is 5.93. The molecular weight excluding hydrogens is 528 g/mol. The second kappa shape index (κ2) is 9.77. The zero-order chi connectivity index (χ0) is 27.3. The van der Waals surface area contributed by atoms with Gasteiger partial charge in [0.2, 0.25) is 10.0 Å². The fourth-order valence-electron chi connectivity index (χ4n) is 4.88. The lowest BCUT2D eigenvalue weighted by molar-refractivity contribution is 0.0982. The van der Waals surface area contributed by atoms with Crippen molar-refractivity contribution in [3.05, 3.63) is 95.1 Å². The summed E-state index contributed by atoms with van der Waals surface area (Å²) < 4.78 is 35.4. The van der Waals surface area contributed by atoms with Gasteiger partial charge in [-0.05, 0) is 73.9 Å². The molecule has 1 N–H and O–H groups in total. The first-order chi connectivity index (χ1) is 18.7. The van der Waals surface area contributed by atoms with E-state index >= 15 is 0 Å². The van der Waals surface area contributed by atoms with E-state index in [0.717, 1.165) is 31.7 Å². The zero-order valence-electron chi connectivity index (χ0n) is 21.9. The van der Waals surface area contributed by atoms with E-state index in [-0.39, 0.29) is 11.7 Å². The standard InChI is InChI=1S/C31H28N2O4S2/c1-18-13-16-26(37-20(3)21-9-5-4-6-10-21)28-24(31(34)33-39(35,36)22-14-15-22)17-25(32-29(18)28)30-19(2)23-11-7-8-12-27(23)38-30/h4-13,16-17,20,22H,14-15H2,1-3H3,(H,33,34). The van der Waals surface area contributed by atoms with Crippen molar-refractivity contribution in [2.75, 3.05) is 0 Å². The summed E-state index contributed by atoms with van der Waals surface area (Å²) in [4.78, 5) is 19.7. The van der Waals surface area contributed by atoms with Crippen LogP contribution < -0.4 is 9.46 Å². The predicted molar refractivity (Wildman–Crippen MR) is 157 cm³/mol. The Morgan fingerprint density at radius 3 is 2.46 bits per heavy atom. The summed E-state index contributed by atoms with van der Waals surface area (Å²) in [5.41, 5.74) is 4.39. The van der Waals surface area contributed by atoms with Gasteiger partial charge in [-0.2, -0.15) is 0 Å². The van der Waals surface area contributed by atoms with E-state index in [1.165, 1.54) is 0 Å². The number of rotatable bonds is 7. The number of benzene rings is 3. The Morgan fingerprint density at radius 1 is 1.03 bits per heavy atom. The van der Waals surface area contributed by atoms with Crippen molar-refractivity contribution in [2.24, 2.45) is 0 Å². The number of thiophene rings is 1. The molecule has 6 rings (SSSR count). The molecule has 3 aromatic carbocycles. The molecule has 1 saturated carbocycles. The van der Waals surface area contributed by atoms with Gasteiger partial charge in [0.05, 0.1) is 32.3 Å². The SMILES string of the molecule is Cc1c(-c2cc(C(=O)NS(=O)(=O)C3CC3)c3c(OC(C)c4ccccc4)ccc(C)c3n2)sc2ccccc12. The average molecular weight is 557 g/mol. The Hall–Kier alpha value is -3.75. The van der Waals surface area contributed by atoms with Gasteiger partial charge in [-0.15, -0.1) is 11.3 Å². The first kappa shape index (κ1) is 25.5. The van der Waals surface area contributed by atoms with Crippen LogP contribution in [-0.4, -0.2) is 24.6 Å². The van der Waals surface area contributed by atoms with E-state index in [0.29, 0.717) is 35.2 Å². The third kappa shape index (κ3) is 4.79. The molecule has 0 aliphatic heterocycles. The Bertz CT molecular complexity index is 1840. The number of amides is 1. The molecule has 0 saturated heterocycles. The van der Waals surface area contributed by atoms with Gasteiger partial charge in [0.15, 0.2) is 0 Å². The molecule has 8 heteroatoms. The van der Waals surface area contributed by atoms with E-state index in [1.54, 1.807) is 17.4 Å². The molecule has 0 radical (unpaired) electrons. The number of ether oxygens (including phenoxy) is 1. The molecule has 1 unspecified atom stereocenters. The van der Waals surface area contributed by atoms with E-state index < -0.39 is 21.2 Å². The van der Waals surface area contributed by atoms with Gasteiger partial charge in [-0.25, -0.2) is 18.1 Å².